The lowest BCUT2D eigenvalue weighted by Crippen LogP contribution is -2.42. The maximum Gasteiger partial charge on any atom is 0.409 e. The van der Waals surface area contributed by atoms with Crippen LogP contribution in [-0.2, 0) is 20.7 Å². The van der Waals surface area contributed by atoms with Crippen LogP contribution in [0.4, 0.5) is 10.6 Å². The molecule has 2 aliphatic heterocycles. The van der Waals surface area contributed by atoms with Gasteiger partial charge in [0.2, 0.25) is 0 Å². The average Bonchev–Trinajstić information content (AvgIpc) is 3.36. The number of nitrogens with two attached hydrogens (primary N) is 1. The van der Waals surface area contributed by atoms with Gasteiger partial charge in [0.1, 0.15) is 23.5 Å². The van der Waals surface area contributed by atoms with Crippen molar-refractivity contribution in [3.05, 3.63) is 12.2 Å². The number of nitrogens with one attached hydrogen (secondary N) is 1. The molecule has 2 aliphatic rings. The van der Waals surface area contributed by atoms with E-state index >= 15 is 0 Å². The van der Waals surface area contributed by atoms with E-state index in [4.69, 9.17) is 15.2 Å². The molecule has 34 heavy (non-hydrogen) atoms. The summed E-state index contributed by atoms with van der Waals surface area (Å²) in [7, 11) is 0. The van der Waals surface area contributed by atoms with E-state index in [1.807, 2.05) is 0 Å². The number of rotatable bonds is 6. The van der Waals surface area contributed by atoms with Crippen LogP contribution in [0, 0.1) is 5.92 Å². The molecular formula is C21H31N7O6. The largest absolute Gasteiger partial charge is 0.450 e. The highest BCUT2D eigenvalue weighted by Crippen LogP contribution is 2.32. The lowest BCUT2D eigenvalue weighted by Gasteiger charge is -2.30. The fourth-order valence-corrected chi connectivity index (χ4v) is 4.44. The molecule has 2 aromatic rings. The Morgan fingerprint density at radius 2 is 1.97 bits per heavy atom. The van der Waals surface area contributed by atoms with Gasteiger partial charge in [0.05, 0.1) is 12.9 Å². The molecule has 2 amide bonds. The molecule has 2 saturated heterocycles. The standard InChI is InChI=1S/C21H31N7O6/c1-3-23-19(31)16-14(29)15(30)20(34-16)28-10-24-13-17(22)25-12(26-18(13)28)9-11-5-7-27(8-6-11)21(32)33-4-2/h10-11,14-16,20,29-30H,3-9H2,1-2H3,(H,23,31)(H2,22,25,26)/t14?,15?,16-,20+/m0/s1. The van der Waals surface area contributed by atoms with Gasteiger partial charge in [-0.05, 0) is 32.6 Å². The number of imidazole rings is 1. The number of likely N-dealkylation sites (tertiary alicyclic amines) is 1. The molecule has 2 fully saturated rings. The van der Waals surface area contributed by atoms with Gasteiger partial charge in [-0.25, -0.2) is 19.7 Å². The Bertz CT molecular complexity index is 1040. The highest BCUT2D eigenvalue weighted by Gasteiger charge is 2.47. The Kier molecular flexibility index (Phi) is 7.14. The molecule has 13 nitrogen and oxygen atoms in total. The summed E-state index contributed by atoms with van der Waals surface area (Å²) in [6.45, 7) is 5.44. The van der Waals surface area contributed by atoms with Gasteiger partial charge >= 0.3 is 6.09 Å². The molecule has 5 N–H and O–H groups in total. The number of hydrogen-bond acceptors (Lipinski definition) is 10. The molecule has 2 aromatic heterocycles. The van der Waals surface area contributed by atoms with Crippen molar-refractivity contribution in [3.8, 4) is 0 Å². The molecule has 0 aliphatic carbocycles. The molecule has 0 bridgehead atoms. The van der Waals surface area contributed by atoms with Gasteiger partial charge < -0.3 is 35.6 Å². The number of likely N-dealkylation sites (N-methyl/N-ethyl adjacent to an activating group) is 1. The SMILES string of the molecule is CCNC(=O)[C@H]1O[C@@H](n2cnc3c(N)nc(CC4CCN(C(=O)OCC)CC4)nc32)C(O)C1O. The maximum atomic E-state index is 12.2. The summed E-state index contributed by atoms with van der Waals surface area (Å²) in [6, 6.07) is 0. The first-order chi connectivity index (χ1) is 16.3. The zero-order valence-electron chi connectivity index (χ0n) is 19.3. The molecule has 186 valence electrons. The minimum atomic E-state index is -1.41. The van der Waals surface area contributed by atoms with E-state index in [1.165, 1.54) is 10.9 Å². The first-order valence-corrected chi connectivity index (χ1v) is 11.5. The van der Waals surface area contributed by atoms with Crippen LogP contribution in [0.2, 0.25) is 0 Å². The number of piperidine rings is 1. The van der Waals surface area contributed by atoms with Gasteiger partial charge in [0.25, 0.3) is 5.91 Å². The van der Waals surface area contributed by atoms with Crippen molar-refractivity contribution in [1.82, 2.24) is 29.7 Å². The summed E-state index contributed by atoms with van der Waals surface area (Å²) in [5.74, 6) is 0.451. The van der Waals surface area contributed by atoms with E-state index in [1.54, 1.807) is 18.7 Å². The number of aromatic nitrogens is 4. The zero-order valence-corrected chi connectivity index (χ0v) is 19.3. The molecule has 0 spiro atoms. The van der Waals surface area contributed by atoms with Crippen molar-refractivity contribution in [1.29, 1.82) is 0 Å². The second-order valence-corrected chi connectivity index (χ2v) is 8.51. The molecular weight excluding hydrogens is 446 g/mol. The van der Waals surface area contributed by atoms with Gasteiger partial charge in [0, 0.05) is 26.1 Å². The smallest absolute Gasteiger partial charge is 0.409 e. The minimum Gasteiger partial charge on any atom is -0.450 e. The first-order valence-electron chi connectivity index (χ1n) is 11.5. The second-order valence-electron chi connectivity index (χ2n) is 8.51. The lowest BCUT2D eigenvalue weighted by molar-refractivity contribution is -0.137. The molecule has 2 unspecified atom stereocenters. The van der Waals surface area contributed by atoms with Gasteiger partial charge in [-0.1, -0.05) is 0 Å². The van der Waals surface area contributed by atoms with Crippen LogP contribution >= 0.6 is 0 Å². The van der Waals surface area contributed by atoms with Crippen molar-refractivity contribution in [3.63, 3.8) is 0 Å². The van der Waals surface area contributed by atoms with Crippen LogP contribution in [-0.4, -0.2) is 91.2 Å². The Balaban J connectivity index is 1.51. The van der Waals surface area contributed by atoms with Gasteiger partial charge in [0.15, 0.2) is 23.8 Å². The third-order valence-corrected chi connectivity index (χ3v) is 6.23. The van der Waals surface area contributed by atoms with Crippen molar-refractivity contribution in [2.45, 2.75) is 57.6 Å². The highest BCUT2D eigenvalue weighted by molar-refractivity contribution is 5.83. The number of hydrogen-bond donors (Lipinski definition) is 4. The average molecular weight is 478 g/mol. The van der Waals surface area contributed by atoms with E-state index < -0.39 is 30.4 Å². The van der Waals surface area contributed by atoms with Crippen LogP contribution < -0.4 is 11.1 Å². The van der Waals surface area contributed by atoms with Crippen LogP contribution in [0.25, 0.3) is 11.2 Å². The molecule has 4 atom stereocenters. The quantitative estimate of drug-likeness (QED) is 0.427. The number of carbonyl (C=O) groups excluding carboxylic acids is 2. The predicted molar refractivity (Wildman–Crippen MR) is 119 cm³/mol. The Hall–Kier alpha value is -3.03. The number of anilines is 1. The summed E-state index contributed by atoms with van der Waals surface area (Å²) in [5.41, 5.74) is 6.82. The summed E-state index contributed by atoms with van der Waals surface area (Å²) >= 11 is 0. The number of carbonyl (C=O) groups is 2. The third-order valence-electron chi connectivity index (χ3n) is 6.23. The third kappa shape index (κ3) is 4.63. The first kappa shape index (κ1) is 24.1. The molecule has 0 radical (unpaired) electrons. The van der Waals surface area contributed by atoms with E-state index in [-0.39, 0.29) is 17.8 Å². The van der Waals surface area contributed by atoms with Gasteiger partial charge in [-0.3, -0.25) is 9.36 Å². The normalized spacial score (nSPS) is 25.6. The summed E-state index contributed by atoms with van der Waals surface area (Å²) in [4.78, 5) is 39.1. The van der Waals surface area contributed by atoms with Crippen LogP contribution in [0.3, 0.4) is 0 Å². The molecule has 0 aromatic carbocycles. The molecule has 4 heterocycles. The predicted octanol–water partition coefficient (Wildman–Crippen LogP) is -0.425. The van der Waals surface area contributed by atoms with Crippen molar-refractivity contribution >= 4 is 29.0 Å². The number of fused-ring (bicyclic) bond motifs is 1. The Morgan fingerprint density at radius 1 is 1.24 bits per heavy atom. The number of ether oxygens (including phenoxy) is 2. The molecule has 4 rings (SSSR count). The van der Waals surface area contributed by atoms with E-state index in [0.29, 0.717) is 49.7 Å². The number of nitrogen functional groups attached to an aromatic ring is 1. The van der Waals surface area contributed by atoms with Crippen molar-refractivity contribution < 1.29 is 29.3 Å². The van der Waals surface area contributed by atoms with E-state index in [2.05, 4.69) is 20.3 Å². The number of nitrogens with zero attached hydrogens (tertiary/aromatic N) is 5. The Morgan fingerprint density at radius 3 is 2.65 bits per heavy atom. The second kappa shape index (κ2) is 10.1. The minimum absolute atomic E-state index is 0.191. The van der Waals surface area contributed by atoms with Gasteiger partial charge in [-0.15, -0.1) is 0 Å². The van der Waals surface area contributed by atoms with Crippen LogP contribution in [0.1, 0.15) is 38.7 Å². The Labute approximate surface area is 196 Å². The van der Waals surface area contributed by atoms with E-state index in [9.17, 15) is 19.8 Å². The fourth-order valence-electron chi connectivity index (χ4n) is 4.44. The monoisotopic (exact) mass is 477 g/mol. The van der Waals surface area contributed by atoms with Crippen LogP contribution in [0.15, 0.2) is 6.33 Å². The molecule has 13 heteroatoms. The number of aliphatic hydroxyl groups is 2. The summed E-state index contributed by atoms with van der Waals surface area (Å²) < 4.78 is 12.2. The lowest BCUT2D eigenvalue weighted by atomic mass is 9.93. The van der Waals surface area contributed by atoms with Gasteiger partial charge in [-0.2, -0.15) is 0 Å². The summed E-state index contributed by atoms with van der Waals surface area (Å²) in [6.07, 6.45) is -1.83. The number of amides is 2. The summed E-state index contributed by atoms with van der Waals surface area (Å²) in [5, 5.41) is 23.5. The fraction of sp³-hybridized carbons (Fsp3) is 0.667. The van der Waals surface area contributed by atoms with Crippen LogP contribution in [0.5, 0.6) is 0 Å². The molecule has 0 saturated carbocycles. The van der Waals surface area contributed by atoms with Crippen molar-refractivity contribution in [2.75, 3.05) is 32.0 Å². The maximum absolute atomic E-state index is 12.2. The van der Waals surface area contributed by atoms with Crippen molar-refractivity contribution in [2.24, 2.45) is 5.92 Å². The highest BCUT2D eigenvalue weighted by atomic mass is 16.6. The van der Waals surface area contributed by atoms with E-state index in [0.717, 1.165) is 12.8 Å². The number of aliphatic hydroxyl groups excluding tert-OH is 2. The zero-order chi connectivity index (χ0) is 24.4. The topological polar surface area (TPSA) is 178 Å².